The van der Waals surface area contributed by atoms with Crippen molar-refractivity contribution >= 4 is 22.9 Å². The lowest BCUT2D eigenvalue weighted by molar-refractivity contribution is -0.128. The van der Waals surface area contributed by atoms with Crippen LogP contribution >= 0.6 is 0 Å². The van der Waals surface area contributed by atoms with Crippen LogP contribution in [0, 0.1) is 5.41 Å². The van der Waals surface area contributed by atoms with Crippen molar-refractivity contribution in [2.24, 2.45) is 5.41 Å². The number of pyridine rings is 1. The van der Waals surface area contributed by atoms with Gasteiger partial charge in [-0.1, -0.05) is 0 Å². The van der Waals surface area contributed by atoms with Crippen LogP contribution in [0.1, 0.15) is 20.8 Å². The Labute approximate surface area is 118 Å². The Hall–Kier alpha value is -2.24. The van der Waals surface area contributed by atoms with Crippen LogP contribution in [-0.4, -0.2) is 33.9 Å². The maximum atomic E-state index is 11.9. The summed E-state index contributed by atoms with van der Waals surface area (Å²) in [5.41, 5.74) is 0.837. The standard InChI is InChI=1S/C14H19N5O/c1-4-15-13(20)14(2,3)9-18-11-6-5-10-12(19-11)17-8-7-16-10/h5-8H,4,9H2,1-3H3,(H,15,20)(H,17,18,19). The first-order chi connectivity index (χ1) is 9.53. The lowest BCUT2D eigenvalue weighted by Crippen LogP contribution is -2.41. The molecule has 2 N–H and O–H groups in total. The monoisotopic (exact) mass is 273 g/mol. The zero-order valence-corrected chi connectivity index (χ0v) is 12.0. The third-order valence-corrected chi connectivity index (χ3v) is 3.00. The topological polar surface area (TPSA) is 79.8 Å². The number of hydrogen-bond acceptors (Lipinski definition) is 5. The first-order valence-corrected chi connectivity index (χ1v) is 6.63. The van der Waals surface area contributed by atoms with Crippen LogP contribution in [0.4, 0.5) is 5.82 Å². The maximum Gasteiger partial charge on any atom is 0.227 e. The lowest BCUT2D eigenvalue weighted by atomic mass is 9.92. The summed E-state index contributed by atoms with van der Waals surface area (Å²) in [4.78, 5) is 24.6. The van der Waals surface area contributed by atoms with E-state index in [1.165, 1.54) is 0 Å². The quantitative estimate of drug-likeness (QED) is 0.865. The minimum Gasteiger partial charge on any atom is -0.369 e. The van der Waals surface area contributed by atoms with Gasteiger partial charge in [0.15, 0.2) is 5.65 Å². The number of carbonyl (C=O) groups is 1. The molecule has 0 unspecified atom stereocenters. The fraction of sp³-hybridized carbons (Fsp3) is 0.429. The van der Waals surface area contributed by atoms with E-state index in [1.54, 1.807) is 12.4 Å². The van der Waals surface area contributed by atoms with E-state index >= 15 is 0 Å². The predicted octanol–water partition coefficient (Wildman–Crippen LogP) is 1.60. The molecule has 0 aromatic carbocycles. The molecule has 0 radical (unpaired) electrons. The second-order valence-corrected chi connectivity index (χ2v) is 5.19. The Kier molecular flexibility index (Phi) is 4.12. The second-order valence-electron chi connectivity index (χ2n) is 5.19. The minimum absolute atomic E-state index is 0.0214. The minimum atomic E-state index is -0.505. The molecule has 2 aromatic rings. The Morgan fingerprint density at radius 3 is 2.75 bits per heavy atom. The largest absolute Gasteiger partial charge is 0.369 e. The summed E-state index contributed by atoms with van der Waals surface area (Å²) in [6.07, 6.45) is 3.24. The van der Waals surface area contributed by atoms with Gasteiger partial charge in [0, 0.05) is 25.5 Å². The summed E-state index contributed by atoms with van der Waals surface area (Å²) >= 11 is 0. The summed E-state index contributed by atoms with van der Waals surface area (Å²) in [5, 5.41) is 6.01. The van der Waals surface area contributed by atoms with Gasteiger partial charge in [-0.3, -0.25) is 9.78 Å². The highest BCUT2D eigenvalue weighted by Gasteiger charge is 2.26. The zero-order chi connectivity index (χ0) is 14.6. The van der Waals surface area contributed by atoms with Crippen LogP contribution in [-0.2, 0) is 4.79 Å². The van der Waals surface area contributed by atoms with Crippen LogP contribution in [0.2, 0.25) is 0 Å². The maximum absolute atomic E-state index is 11.9. The van der Waals surface area contributed by atoms with E-state index < -0.39 is 5.41 Å². The third-order valence-electron chi connectivity index (χ3n) is 3.00. The number of nitrogens with one attached hydrogen (secondary N) is 2. The number of nitrogens with zero attached hydrogens (tertiary/aromatic N) is 3. The molecule has 2 rings (SSSR count). The van der Waals surface area contributed by atoms with Gasteiger partial charge >= 0.3 is 0 Å². The molecular weight excluding hydrogens is 254 g/mol. The third kappa shape index (κ3) is 3.20. The highest BCUT2D eigenvalue weighted by molar-refractivity contribution is 5.82. The van der Waals surface area contributed by atoms with Gasteiger partial charge in [-0.15, -0.1) is 0 Å². The molecule has 0 aliphatic carbocycles. The van der Waals surface area contributed by atoms with E-state index in [2.05, 4.69) is 25.6 Å². The summed E-state index contributed by atoms with van der Waals surface area (Å²) in [7, 11) is 0. The molecule has 2 heterocycles. The molecule has 0 aliphatic rings. The van der Waals surface area contributed by atoms with Crippen molar-refractivity contribution in [3.63, 3.8) is 0 Å². The SMILES string of the molecule is CCNC(=O)C(C)(C)CNc1ccc2nccnc2n1. The van der Waals surface area contributed by atoms with E-state index in [0.29, 0.717) is 24.6 Å². The first kappa shape index (κ1) is 14.2. The van der Waals surface area contributed by atoms with Gasteiger partial charge in [-0.2, -0.15) is 0 Å². The molecule has 20 heavy (non-hydrogen) atoms. The van der Waals surface area contributed by atoms with E-state index in [9.17, 15) is 4.79 Å². The number of anilines is 1. The predicted molar refractivity (Wildman–Crippen MR) is 78.3 cm³/mol. The molecule has 106 valence electrons. The van der Waals surface area contributed by atoms with Gasteiger partial charge in [0.2, 0.25) is 5.91 Å². The van der Waals surface area contributed by atoms with E-state index in [-0.39, 0.29) is 5.91 Å². The van der Waals surface area contributed by atoms with E-state index in [1.807, 2.05) is 32.9 Å². The molecule has 2 aromatic heterocycles. The molecule has 6 heteroatoms. The van der Waals surface area contributed by atoms with Crippen LogP contribution in [0.3, 0.4) is 0 Å². The molecule has 0 spiro atoms. The van der Waals surface area contributed by atoms with Crippen molar-refractivity contribution in [2.45, 2.75) is 20.8 Å². The average molecular weight is 273 g/mol. The summed E-state index contributed by atoms with van der Waals surface area (Å²) in [5.74, 6) is 0.712. The van der Waals surface area contributed by atoms with Crippen molar-refractivity contribution in [2.75, 3.05) is 18.4 Å². The highest BCUT2D eigenvalue weighted by Crippen LogP contribution is 2.17. The van der Waals surface area contributed by atoms with Crippen molar-refractivity contribution < 1.29 is 4.79 Å². The van der Waals surface area contributed by atoms with Gasteiger partial charge < -0.3 is 10.6 Å². The van der Waals surface area contributed by atoms with E-state index in [0.717, 1.165) is 5.52 Å². The van der Waals surface area contributed by atoms with Crippen LogP contribution in [0.15, 0.2) is 24.5 Å². The number of amides is 1. The van der Waals surface area contributed by atoms with Gasteiger partial charge in [0.25, 0.3) is 0 Å². The molecule has 6 nitrogen and oxygen atoms in total. The molecule has 0 aliphatic heterocycles. The molecule has 0 bridgehead atoms. The Bertz CT molecular complexity index is 611. The van der Waals surface area contributed by atoms with Crippen molar-refractivity contribution in [1.29, 1.82) is 0 Å². The smallest absolute Gasteiger partial charge is 0.227 e. The molecule has 0 fully saturated rings. The fourth-order valence-electron chi connectivity index (χ4n) is 1.74. The van der Waals surface area contributed by atoms with Crippen molar-refractivity contribution in [3.8, 4) is 0 Å². The lowest BCUT2D eigenvalue weighted by Gasteiger charge is -2.23. The van der Waals surface area contributed by atoms with Gasteiger partial charge in [0.1, 0.15) is 11.3 Å². The Balaban J connectivity index is 2.07. The van der Waals surface area contributed by atoms with Gasteiger partial charge in [-0.25, -0.2) is 9.97 Å². The molecule has 0 saturated carbocycles. The summed E-state index contributed by atoms with van der Waals surface area (Å²) in [6.45, 7) is 6.83. The first-order valence-electron chi connectivity index (χ1n) is 6.63. The van der Waals surface area contributed by atoms with Crippen molar-refractivity contribution in [1.82, 2.24) is 20.3 Å². The van der Waals surface area contributed by atoms with Crippen LogP contribution < -0.4 is 10.6 Å². The highest BCUT2D eigenvalue weighted by atomic mass is 16.2. The van der Waals surface area contributed by atoms with Crippen molar-refractivity contribution in [3.05, 3.63) is 24.5 Å². The average Bonchev–Trinajstić information content (AvgIpc) is 2.45. The normalized spacial score (nSPS) is 11.3. The second kappa shape index (κ2) is 5.81. The Morgan fingerprint density at radius 2 is 2.00 bits per heavy atom. The van der Waals surface area contributed by atoms with Gasteiger partial charge in [0.05, 0.1) is 5.41 Å². The van der Waals surface area contributed by atoms with Gasteiger partial charge in [-0.05, 0) is 32.9 Å². The molecule has 1 amide bonds. The summed E-state index contributed by atoms with van der Waals surface area (Å²) < 4.78 is 0. The number of carbonyl (C=O) groups excluding carboxylic acids is 1. The number of hydrogen-bond donors (Lipinski definition) is 2. The molecule has 0 atom stereocenters. The zero-order valence-electron chi connectivity index (χ0n) is 12.0. The number of rotatable bonds is 5. The molecule has 0 saturated heterocycles. The molecular formula is C14H19N5O. The Morgan fingerprint density at radius 1 is 1.25 bits per heavy atom. The van der Waals surface area contributed by atoms with E-state index in [4.69, 9.17) is 0 Å². The number of fused-ring (bicyclic) bond motifs is 1. The summed E-state index contributed by atoms with van der Waals surface area (Å²) in [6, 6.07) is 3.70. The van der Waals surface area contributed by atoms with Crippen LogP contribution in [0.5, 0.6) is 0 Å². The fourth-order valence-corrected chi connectivity index (χ4v) is 1.74. The van der Waals surface area contributed by atoms with Crippen LogP contribution in [0.25, 0.3) is 11.2 Å². The number of aromatic nitrogens is 3.